The first kappa shape index (κ1) is 23.6. The first-order valence-electron chi connectivity index (χ1n) is 10.6. The summed E-state index contributed by atoms with van der Waals surface area (Å²) in [4.78, 5) is 12.9. The molecule has 3 aromatic heterocycles. The van der Waals surface area contributed by atoms with Crippen LogP contribution in [0.5, 0.6) is 0 Å². The first-order valence-corrected chi connectivity index (χ1v) is 10.6. The molecule has 5 heteroatoms. The number of pyridine rings is 1. The second-order valence-electron chi connectivity index (χ2n) is 6.59. The molecule has 28 heavy (non-hydrogen) atoms. The highest BCUT2D eigenvalue weighted by atomic mass is 15.0. The third-order valence-corrected chi connectivity index (χ3v) is 4.29. The zero-order valence-electron chi connectivity index (χ0n) is 18.3. The second-order valence-corrected chi connectivity index (χ2v) is 6.59. The molecule has 154 valence electrons. The summed E-state index contributed by atoms with van der Waals surface area (Å²) in [7, 11) is 0. The van der Waals surface area contributed by atoms with Crippen molar-refractivity contribution in [2.45, 2.75) is 79.6 Å². The van der Waals surface area contributed by atoms with E-state index < -0.39 is 0 Å². The molecule has 3 heterocycles. The second kappa shape index (κ2) is 13.7. The van der Waals surface area contributed by atoms with E-state index in [-0.39, 0.29) is 0 Å². The van der Waals surface area contributed by atoms with Gasteiger partial charge in [-0.1, -0.05) is 65.9 Å². The van der Waals surface area contributed by atoms with Crippen molar-refractivity contribution >= 4 is 11.5 Å². The standard InChI is InChI=1S/C14H15N5.C7H16.C2H6/c1-10-16-8-11(14(15)17-10)5-6-12-9-19-7-3-2-4-13(19)18-12;1-3-5-7-6-4-2;1-2/h2-4,7-9H,5-6H2,1H3,(H2,15,16,17);3-7H2,1-2H3;1-2H3. The molecular formula is C23H37N5. The molecule has 0 amide bonds. The van der Waals surface area contributed by atoms with Gasteiger partial charge >= 0.3 is 0 Å². The molecule has 0 fully saturated rings. The molecule has 0 aromatic carbocycles. The topological polar surface area (TPSA) is 69.1 Å². The van der Waals surface area contributed by atoms with Crippen molar-refractivity contribution in [1.29, 1.82) is 0 Å². The van der Waals surface area contributed by atoms with E-state index in [1.54, 1.807) is 6.20 Å². The maximum Gasteiger partial charge on any atom is 0.136 e. The van der Waals surface area contributed by atoms with Crippen LogP contribution in [0.1, 0.15) is 76.9 Å². The number of nitrogen functional groups attached to an aromatic ring is 1. The van der Waals surface area contributed by atoms with Gasteiger partial charge in [0.2, 0.25) is 0 Å². The Balaban J connectivity index is 0.000000372. The number of aromatic nitrogens is 4. The predicted molar refractivity (Wildman–Crippen MR) is 120 cm³/mol. The molecule has 0 saturated heterocycles. The Labute approximate surface area is 170 Å². The number of nitrogens with two attached hydrogens (primary N) is 1. The number of nitrogens with zero attached hydrogens (tertiary/aromatic N) is 4. The molecule has 2 N–H and O–H groups in total. The van der Waals surface area contributed by atoms with Gasteiger partial charge in [-0.15, -0.1) is 0 Å². The molecule has 0 aliphatic rings. The molecule has 3 rings (SSSR count). The van der Waals surface area contributed by atoms with Gasteiger partial charge in [-0.3, -0.25) is 0 Å². The molecule has 0 spiro atoms. The van der Waals surface area contributed by atoms with Crippen molar-refractivity contribution in [3.8, 4) is 0 Å². The summed E-state index contributed by atoms with van der Waals surface area (Å²) in [6.07, 6.45) is 14.5. The van der Waals surface area contributed by atoms with Crippen molar-refractivity contribution in [1.82, 2.24) is 19.4 Å². The quantitative estimate of drug-likeness (QED) is 0.523. The smallest absolute Gasteiger partial charge is 0.136 e. The van der Waals surface area contributed by atoms with Gasteiger partial charge in [-0.05, 0) is 31.9 Å². The molecular weight excluding hydrogens is 346 g/mol. The van der Waals surface area contributed by atoms with Crippen LogP contribution in [0.3, 0.4) is 0 Å². The minimum atomic E-state index is 0.566. The van der Waals surface area contributed by atoms with E-state index in [1.807, 2.05) is 55.8 Å². The highest BCUT2D eigenvalue weighted by Gasteiger charge is 2.05. The van der Waals surface area contributed by atoms with Crippen LogP contribution < -0.4 is 5.73 Å². The molecule has 0 saturated carbocycles. The van der Waals surface area contributed by atoms with Crippen molar-refractivity contribution in [2.24, 2.45) is 0 Å². The fourth-order valence-electron chi connectivity index (χ4n) is 2.75. The molecule has 0 atom stereocenters. The Hall–Kier alpha value is -2.43. The van der Waals surface area contributed by atoms with Crippen molar-refractivity contribution in [3.63, 3.8) is 0 Å². The number of hydrogen-bond acceptors (Lipinski definition) is 4. The Morgan fingerprint density at radius 2 is 1.68 bits per heavy atom. The van der Waals surface area contributed by atoms with Gasteiger partial charge in [-0.25, -0.2) is 15.0 Å². The molecule has 0 aliphatic carbocycles. The number of unbranched alkanes of at least 4 members (excludes halogenated alkanes) is 4. The number of imidazole rings is 1. The van der Waals surface area contributed by atoms with E-state index in [0.717, 1.165) is 29.7 Å². The molecule has 0 bridgehead atoms. The van der Waals surface area contributed by atoms with Crippen LogP contribution in [0.25, 0.3) is 5.65 Å². The zero-order chi connectivity index (χ0) is 20.8. The lowest BCUT2D eigenvalue weighted by Crippen LogP contribution is -2.03. The summed E-state index contributed by atoms with van der Waals surface area (Å²) < 4.78 is 2.02. The number of hydrogen-bond donors (Lipinski definition) is 1. The lowest BCUT2D eigenvalue weighted by Gasteiger charge is -2.03. The van der Waals surface area contributed by atoms with E-state index in [2.05, 4.69) is 28.8 Å². The van der Waals surface area contributed by atoms with Crippen LogP contribution >= 0.6 is 0 Å². The summed E-state index contributed by atoms with van der Waals surface area (Å²) in [6, 6.07) is 5.97. The Morgan fingerprint density at radius 3 is 2.29 bits per heavy atom. The molecule has 0 aliphatic heterocycles. The third-order valence-electron chi connectivity index (χ3n) is 4.29. The maximum absolute atomic E-state index is 5.88. The minimum Gasteiger partial charge on any atom is -0.383 e. The summed E-state index contributed by atoms with van der Waals surface area (Å²) in [6.45, 7) is 10.3. The van der Waals surface area contributed by atoms with Crippen LogP contribution in [-0.2, 0) is 12.8 Å². The largest absolute Gasteiger partial charge is 0.383 e. The molecule has 0 radical (unpaired) electrons. The van der Waals surface area contributed by atoms with Gasteiger partial charge < -0.3 is 10.1 Å². The highest BCUT2D eigenvalue weighted by molar-refractivity contribution is 5.41. The SMILES string of the molecule is CC.CCCCCCC.Cc1ncc(CCc2cn3ccccc3n2)c(N)n1. The van der Waals surface area contributed by atoms with E-state index in [1.165, 1.54) is 32.1 Å². The first-order chi connectivity index (χ1) is 13.6. The average Bonchev–Trinajstić information content (AvgIpc) is 3.13. The van der Waals surface area contributed by atoms with Crippen LogP contribution in [-0.4, -0.2) is 19.4 Å². The van der Waals surface area contributed by atoms with Crippen LogP contribution in [0, 0.1) is 6.92 Å². The number of aryl methyl sites for hydroxylation is 3. The predicted octanol–water partition coefficient (Wildman–Crippen LogP) is 5.80. The van der Waals surface area contributed by atoms with Crippen molar-refractivity contribution in [3.05, 3.63) is 53.9 Å². The van der Waals surface area contributed by atoms with E-state index in [4.69, 9.17) is 5.73 Å². The van der Waals surface area contributed by atoms with Crippen LogP contribution in [0.15, 0.2) is 36.8 Å². The fourth-order valence-corrected chi connectivity index (χ4v) is 2.75. The van der Waals surface area contributed by atoms with Crippen LogP contribution in [0.2, 0.25) is 0 Å². The van der Waals surface area contributed by atoms with Gasteiger partial charge in [0.1, 0.15) is 17.3 Å². The van der Waals surface area contributed by atoms with Crippen molar-refractivity contribution in [2.75, 3.05) is 5.73 Å². The van der Waals surface area contributed by atoms with E-state index >= 15 is 0 Å². The summed E-state index contributed by atoms with van der Waals surface area (Å²) >= 11 is 0. The van der Waals surface area contributed by atoms with E-state index in [9.17, 15) is 0 Å². The van der Waals surface area contributed by atoms with Gasteiger partial charge in [0.25, 0.3) is 0 Å². The summed E-state index contributed by atoms with van der Waals surface area (Å²) in [5, 5.41) is 0. The lowest BCUT2D eigenvalue weighted by atomic mass is 10.1. The Kier molecular flexibility index (Phi) is 11.5. The fraction of sp³-hybridized carbons (Fsp3) is 0.522. The molecule has 5 nitrogen and oxygen atoms in total. The monoisotopic (exact) mass is 383 g/mol. The zero-order valence-corrected chi connectivity index (χ0v) is 18.3. The normalized spacial score (nSPS) is 10.0. The van der Waals surface area contributed by atoms with Gasteiger partial charge in [0.15, 0.2) is 0 Å². The van der Waals surface area contributed by atoms with Crippen LogP contribution in [0.4, 0.5) is 5.82 Å². The summed E-state index contributed by atoms with van der Waals surface area (Å²) in [5.41, 5.74) is 8.87. The van der Waals surface area contributed by atoms with Crippen molar-refractivity contribution < 1.29 is 0 Å². The Bertz CT molecular complexity index is 758. The lowest BCUT2D eigenvalue weighted by molar-refractivity contribution is 0.656. The average molecular weight is 384 g/mol. The Morgan fingerprint density at radius 1 is 0.964 bits per heavy atom. The highest BCUT2D eigenvalue weighted by Crippen LogP contribution is 2.12. The van der Waals surface area contributed by atoms with Gasteiger partial charge in [0.05, 0.1) is 5.69 Å². The van der Waals surface area contributed by atoms with Gasteiger partial charge in [-0.2, -0.15) is 0 Å². The number of anilines is 1. The molecule has 0 unspecified atom stereocenters. The number of rotatable bonds is 7. The molecule has 3 aromatic rings. The van der Waals surface area contributed by atoms with Gasteiger partial charge in [0, 0.05) is 24.2 Å². The summed E-state index contributed by atoms with van der Waals surface area (Å²) in [5.74, 6) is 1.27. The number of fused-ring (bicyclic) bond motifs is 1. The third kappa shape index (κ3) is 8.07. The maximum atomic E-state index is 5.88. The van der Waals surface area contributed by atoms with E-state index in [0.29, 0.717) is 11.6 Å². The minimum absolute atomic E-state index is 0.566.